The van der Waals surface area contributed by atoms with Gasteiger partial charge in [0.05, 0.1) is 22.0 Å². The highest BCUT2D eigenvalue weighted by molar-refractivity contribution is 7.17. The number of carbonyl (C=O) groups is 3. The summed E-state index contributed by atoms with van der Waals surface area (Å²) < 4.78 is 52.1. The van der Waals surface area contributed by atoms with Gasteiger partial charge in [0.25, 0.3) is 5.91 Å². The van der Waals surface area contributed by atoms with Crippen LogP contribution < -0.4 is 16.0 Å². The number of nitrogens with zero attached hydrogens (tertiary/aromatic N) is 1. The Morgan fingerprint density at radius 2 is 1.58 bits per heavy atom. The Morgan fingerprint density at radius 3 is 2.16 bits per heavy atom. The average Bonchev–Trinajstić information content (AvgIpc) is 3.60. The van der Waals surface area contributed by atoms with E-state index < -0.39 is 40.7 Å². The second kappa shape index (κ2) is 11.5. The molecule has 1 aliphatic rings. The summed E-state index contributed by atoms with van der Waals surface area (Å²) in [6, 6.07) is 7.62. The molecule has 1 fully saturated rings. The van der Waals surface area contributed by atoms with Gasteiger partial charge < -0.3 is 16.0 Å². The van der Waals surface area contributed by atoms with Gasteiger partial charge in [-0.2, -0.15) is 13.2 Å². The Morgan fingerprint density at radius 1 is 0.974 bits per heavy atom. The average molecular weight is 571 g/mol. The molecule has 3 aromatic rings. The van der Waals surface area contributed by atoms with Crippen LogP contribution in [0.5, 0.6) is 0 Å². The minimum atomic E-state index is -4.62. The van der Waals surface area contributed by atoms with Crippen LogP contribution in [0.15, 0.2) is 42.5 Å². The number of thiazole rings is 1. The molecule has 0 radical (unpaired) electrons. The van der Waals surface area contributed by atoms with E-state index in [0.29, 0.717) is 5.69 Å². The molecule has 1 aliphatic carbocycles. The third-order valence-corrected chi connectivity index (χ3v) is 6.89. The maximum Gasteiger partial charge on any atom is 0.416 e. The van der Waals surface area contributed by atoms with Crippen molar-refractivity contribution in [3.8, 4) is 0 Å². The van der Waals surface area contributed by atoms with E-state index in [-0.39, 0.29) is 39.3 Å². The highest BCUT2D eigenvalue weighted by Gasteiger charge is 2.56. The number of hydrogen-bond donors (Lipinski definition) is 3. The summed E-state index contributed by atoms with van der Waals surface area (Å²) in [7, 11) is 0. The molecule has 4 rings (SSSR count). The summed E-state index contributed by atoms with van der Waals surface area (Å²) in [6.07, 6.45) is -4.04. The van der Waals surface area contributed by atoms with Crippen LogP contribution >= 0.6 is 22.9 Å². The van der Waals surface area contributed by atoms with Crippen LogP contribution in [0, 0.1) is 18.2 Å². The van der Waals surface area contributed by atoms with E-state index in [1.54, 1.807) is 0 Å². The van der Waals surface area contributed by atoms with Crippen LogP contribution in [0.3, 0.4) is 0 Å². The Hall–Kier alpha value is -3.51. The predicted molar refractivity (Wildman–Crippen MR) is 138 cm³/mol. The molecule has 0 spiro atoms. The van der Waals surface area contributed by atoms with Crippen LogP contribution in [0.25, 0.3) is 0 Å². The number of halogens is 5. The molecule has 0 atom stereocenters. The zero-order valence-corrected chi connectivity index (χ0v) is 22.0. The molecule has 1 heterocycles. The first kappa shape index (κ1) is 29.1. The number of aromatic nitrogens is 1. The minimum absolute atomic E-state index is 0.0404. The number of anilines is 3. The van der Waals surface area contributed by atoms with Crippen molar-refractivity contribution in [3.63, 3.8) is 0 Å². The van der Waals surface area contributed by atoms with Crippen LogP contribution in [0.2, 0.25) is 5.02 Å². The fraction of sp³-hybridized carbons (Fsp3) is 0.280. The molecule has 1 saturated carbocycles. The second-order valence-corrected chi connectivity index (χ2v) is 9.48. The lowest BCUT2D eigenvalue weighted by atomic mass is 10.1. The van der Waals surface area contributed by atoms with Crippen LogP contribution in [0.1, 0.15) is 47.6 Å². The Kier molecular flexibility index (Phi) is 8.78. The van der Waals surface area contributed by atoms with Crippen LogP contribution in [-0.2, 0) is 15.8 Å². The van der Waals surface area contributed by atoms with E-state index in [1.165, 1.54) is 31.2 Å². The van der Waals surface area contributed by atoms with Crippen molar-refractivity contribution in [2.24, 2.45) is 5.41 Å². The Labute approximate surface area is 224 Å². The van der Waals surface area contributed by atoms with Crippen molar-refractivity contribution in [3.05, 3.63) is 69.4 Å². The Bertz CT molecular complexity index is 1360. The van der Waals surface area contributed by atoms with E-state index in [9.17, 15) is 31.9 Å². The molecule has 7 nitrogen and oxygen atoms in total. The fourth-order valence-corrected chi connectivity index (χ4v) is 4.34. The van der Waals surface area contributed by atoms with Crippen molar-refractivity contribution in [2.75, 3.05) is 16.0 Å². The first-order chi connectivity index (χ1) is 17.9. The number of benzene rings is 2. The molecular weight excluding hydrogens is 548 g/mol. The normalized spacial score (nSPS) is 13.6. The van der Waals surface area contributed by atoms with Crippen LogP contribution in [-0.4, -0.2) is 22.7 Å². The largest absolute Gasteiger partial charge is 0.416 e. The van der Waals surface area contributed by atoms with Crippen molar-refractivity contribution in [2.45, 2.75) is 39.8 Å². The number of nitrogens with one attached hydrogen (secondary N) is 3. The van der Waals surface area contributed by atoms with Crippen molar-refractivity contribution >= 4 is 57.2 Å². The first-order valence-corrected chi connectivity index (χ1v) is 12.6. The van der Waals surface area contributed by atoms with E-state index >= 15 is 0 Å². The summed E-state index contributed by atoms with van der Waals surface area (Å²) >= 11 is 6.73. The van der Waals surface area contributed by atoms with Gasteiger partial charge >= 0.3 is 6.18 Å². The molecule has 3 N–H and O–H groups in total. The standard InChI is InChI=1S/C23H17ClF4N4O3S.C2H6/c1-11-17(18(33)31-16-10-12(23(26,27)28)2-7-15(16)24)36-21(29-11)32-20(35)22(8-9-22)19(34)30-14-5-3-13(25)4-6-14;1-2/h2-7,10H,8-9H2,1H3,(H,30,34)(H,31,33)(H,29,32,35);1-2H3. The molecule has 202 valence electrons. The van der Waals surface area contributed by atoms with E-state index in [4.69, 9.17) is 11.6 Å². The molecule has 0 aliphatic heterocycles. The van der Waals surface area contributed by atoms with Crippen molar-refractivity contribution in [1.82, 2.24) is 4.98 Å². The number of carbonyl (C=O) groups excluding carboxylic acids is 3. The molecule has 38 heavy (non-hydrogen) atoms. The zero-order valence-electron chi connectivity index (χ0n) is 20.4. The van der Waals surface area contributed by atoms with Gasteiger partial charge in [0.1, 0.15) is 16.1 Å². The van der Waals surface area contributed by atoms with E-state index in [1.807, 2.05) is 13.8 Å². The van der Waals surface area contributed by atoms with Crippen LogP contribution in [0.4, 0.5) is 34.1 Å². The highest BCUT2D eigenvalue weighted by Crippen LogP contribution is 2.47. The molecule has 3 amide bonds. The smallest absolute Gasteiger partial charge is 0.325 e. The molecule has 0 saturated heterocycles. The monoisotopic (exact) mass is 570 g/mol. The number of rotatable bonds is 6. The second-order valence-electron chi connectivity index (χ2n) is 8.08. The number of hydrogen-bond acceptors (Lipinski definition) is 5. The van der Waals surface area contributed by atoms with Gasteiger partial charge in [-0.1, -0.05) is 36.8 Å². The summed E-state index contributed by atoms with van der Waals surface area (Å²) in [5.41, 5.74) is -1.99. The number of aryl methyl sites for hydroxylation is 1. The number of alkyl halides is 3. The SMILES string of the molecule is CC.Cc1nc(NC(=O)C2(C(=O)Nc3ccc(F)cc3)CC2)sc1C(=O)Nc1cc(C(F)(F)F)ccc1Cl. The molecule has 0 unspecified atom stereocenters. The maximum absolute atomic E-state index is 13.1. The van der Waals surface area contributed by atoms with E-state index in [0.717, 1.165) is 29.5 Å². The lowest BCUT2D eigenvalue weighted by Gasteiger charge is -2.14. The Balaban J connectivity index is 0.00000195. The zero-order chi connectivity index (χ0) is 28.3. The summed E-state index contributed by atoms with van der Waals surface area (Å²) in [6.45, 7) is 5.49. The minimum Gasteiger partial charge on any atom is -0.325 e. The van der Waals surface area contributed by atoms with Gasteiger partial charge in [-0.15, -0.1) is 0 Å². The van der Waals surface area contributed by atoms with Gasteiger partial charge in [0.15, 0.2) is 5.13 Å². The number of amides is 3. The quantitative estimate of drug-likeness (QED) is 0.222. The van der Waals surface area contributed by atoms with Crippen molar-refractivity contribution < 1.29 is 31.9 Å². The van der Waals surface area contributed by atoms with Gasteiger partial charge in [-0.05, 0) is 62.2 Å². The lowest BCUT2D eigenvalue weighted by molar-refractivity contribution is -0.137. The molecular formula is C25H23ClF4N4O3S. The summed E-state index contributed by atoms with van der Waals surface area (Å²) in [5.74, 6) is -2.41. The third kappa shape index (κ3) is 6.48. The van der Waals surface area contributed by atoms with Gasteiger partial charge in [0, 0.05) is 5.69 Å². The predicted octanol–water partition coefficient (Wildman–Crippen LogP) is 6.90. The lowest BCUT2D eigenvalue weighted by Crippen LogP contribution is -2.35. The summed E-state index contributed by atoms with van der Waals surface area (Å²) in [4.78, 5) is 42.4. The van der Waals surface area contributed by atoms with Gasteiger partial charge in [-0.3, -0.25) is 14.4 Å². The first-order valence-electron chi connectivity index (χ1n) is 11.4. The van der Waals surface area contributed by atoms with Gasteiger partial charge in [0.2, 0.25) is 11.8 Å². The fourth-order valence-electron chi connectivity index (χ4n) is 3.32. The summed E-state index contributed by atoms with van der Waals surface area (Å²) in [5, 5.41) is 7.40. The third-order valence-electron chi connectivity index (χ3n) is 5.49. The molecule has 0 bridgehead atoms. The molecule has 2 aromatic carbocycles. The molecule has 13 heteroatoms. The topological polar surface area (TPSA) is 100 Å². The van der Waals surface area contributed by atoms with Crippen molar-refractivity contribution in [1.29, 1.82) is 0 Å². The maximum atomic E-state index is 13.1. The van der Waals surface area contributed by atoms with Gasteiger partial charge in [-0.25, -0.2) is 9.37 Å². The molecule has 1 aromatic heterocycles. The highest BCUT2D eigenvalue weighted by atomic mass is 35.5. The van der Waals surface area contributed by atoms with E-state index in [2.05, 4.69) is 20.9 Å².